The average Bonchev–Trinajstić information content (AvgIpc) is 3.22. The summed E-state index contributed by atoms with van der Waals surface area (Å²) < 4.78 is 11.8. The zero-order valence-electron chi connectivity index (χ0n) is 13.5. The summed E-state index contributed by atoms with van der Waals surface area (Å²) in [6.07, 6.45) is 0.239. The zero-order chi connectivity index (χ0) is 18.0. The van der Waals surface area contributed by atoms with Crippen LogP contribution in [0.4, 0.5) is 0 Å². The molecule has 4 atom stereocenters. The third kappa shape index (κ3) is 3.82. The zero-order valence-corrected chi connectivity index (χ0v) is 13.5. The summed E-state index contributed by atoms with van der Waals surface area (Å²) >= 11 is 0. The smallest absolute Gasteiger partial charge is 0.330 e. The Morgan fingerprint density at radius 2 is 2.24 bits per heavy atom. The number of aromatic amines is 1. The normalized spacial score (nSPS) is 29.0. The number of nitrogens with one attached hydrogen (secondary N) is 2. The van der Waals surface area contributed by atoms with Gasteiger partial charge in [0.25, 0.3) is 11.5 Å². The Bertz CT molecular complexity index is 737. The maximum Gasteiger partial charge on any atom is 0.330 e. The Morgan fingerprint density at radius 1 is 1.44 bits per heavy atom. The highest BCUT2D eigenvalue weighted by molar-refractivity contribution is 5.93. The lowest BCUT2D eigenvalue weighted by molar-refractivity contribution is -0.0459. The van der Waals surface area contributed by atoms with Crippen LogP contribution in [0.3, 0.4) is 0 Å². The third-order valence-electron chi connectivity index (χ3n) is 4.42. The van der Waals surface area contributed by atoms with Crippen LogP contribution in [-0.2, 0) is 9.47 Å². The number of amides is 1. The fourth-order valence-corrected chi connectivity index (χ4v) is 3.02. The summed E-state index contributed by atoms with van der Waals surface area (Å²) in [5.74, 6) is -0.622. The third-order valence-corrected chi connectivity index (χ3v) is 4.42. The van der Waals surface area contributed by atoms with E-state index in [1.54, 1.807) is 0 Å². The molecule has 3 heterocycles. The molecule has 0 spiro atoms. The number of H-pyrrole nitrogens is 1. The molecule has 10 nitrogen and oxygen atoms in total. The van der Waals surface area contributed by atoms with Crippen molar-refractivity contribution in [3.05, 3.63) is 32.6 Å². The number of hydrogen-bond donors (Lipinski definition) is 4. The second kappa shape index (κ2) is 7.48. The first kappa shape index (κ1) is 17.8. The van der Waals surface area contributed by atoms with Gasteiger partial charge in [0.15, 0.2) is 0 Å². The van der Waals surface area contributed by atoms with Gasteiger partial charge in [-0.3, -0.25) is 19.1 Å². The molecule has 0 aliphatic carbocycles. The quantitative estimate of drug-likeness (QED) is 0.482. The predicted octanol–water partition coefficient (Wildman–Crippen LogP) is -1.91. The van der Waals surface area contributed by atoms with Crippen molar-refractivity contribution < 1.29 is 24.5 Å². The van der Waals surface area contributed by atoms with Crippen LogP contribution in [0.25, 0.3) is 0 Å². The van der Waals surface area contributed by atoms with E-state index in [9.17, 15) is 19.5 Å². The summed E-state index contributed by atoms with van der Waals surface area (Å²) in [7, 11) is 0. The number of rotatable bonds is 5. The van der Waals surface area contributed by atoms with E-state index >= 15 is 0 Å². The van der Waals surface area contributed by atoms with Crippen LogP contribution in [0.2, 0.25) is 0 Å². The molecule has 138 valence electrons. The second-order valence-corrected chi connectivity index (χ2v) is 6.17. The minimum absolute atomic E-state index is 0.0636. The maximum absolute atomic E-state index is 12.3. The maximum atomic E-state index is 12.3. The molecular weight excluding hydrogens is 334 g/mol. The molecule has 1 amide bonds. The van der Waals surface area contributed by atoms with Gasteiger partial charge < -0.3 is 25.0 Å². The topological polar surface area (TPSA) is 143 Å². The van der Waals surface area contributed by atoms with Crippen LogP contribution in [0.15, 0.2) is 15.8 Å². The molecule has 0 unspecified atom stereocenters. The van der Waals surface area contributed by atoms with Crippen LogP contribution >= 0.6 is 0 Å². The van der Waals surface area contributed by atoms with E-state index in [0.29, 0.717) is 6.61 Å². The molecule has 1 aromatic heterocycles. The van der Waals surface area contributed by atoms with Crippen molar-refractivity contribution in [3.8, 4) is 0 Å². The Hall–Kier alpha value is -2.01. The van der Waals surface area contributed by atoms with Gasteiger partial charge in [-0.25, -0.2) is 4.79 Å². The van der Waals surface area contributed by atoms with Crippen LogP contribution in [0.1, 0.15) is 35.8 Å². The first-order valence-electron chi connectivity index (χ1n) is 8.19. The Kier molecular flexibility index (Phi) is 5.33. The number of carbonyl (C=O) groups excluding carboxylic acids is 1. The van der Waals surface area contributed by atoms with Crippen molar-refractivity contribution in [2.24, 2.45) is 0 Å². The molecule has 0 bridgehead atoms. The number of ether oxygens (including phenoxy) is 2. The summed E-state index contributed by atoms with van der Waals surface area (Å²) in [5, 5.41) is 21.5. The Morgan fingerprint density at radius 3 is 2.88 bits per heavy atom. The second-order valence-electron chi connectivity index (χ2n) is 6.17. The van der Waals surface area contributed by atoms with Gasteiger partial charge in [-0.2, -0.15) is 0 Å². The molecule has 4 N–H and O–H groups in total. The standard InChI is InChI=1S/C15H21N3O7/c19-7-11-10(20)4-12(25-11)18-6-9(14(22)17-15(18)23)13(21)16-5-8-2-1-3-24-8/h6,8,10-12,19-20H,1-5,7H2,(H,16,21)(H,17,22,23)/t8-,10+,11-,12-/m1/s1. The van der Waals surface area contributed by atoms with Crippen molar-refractivity contribution in [1.29, 1.82) is 0 Å². The summed E-state index contributed by atoms with van der Waals surface area (Å²) in [5.41, 5.74) is -1.79. The lowest BCUT2D eigenvalue weighted by Gasteiger charge is -2.15. The van der Waals surface area contributed by atoms with Gasteiger partial charge in [0.05, 0.1) is 18.8 Å². The van der Waals surface area contributed by atoms with Gasteiger partial charge >= 0.3 is 5.69 Å². The largest absolute Gasteiger partial charge is 0.394 e. The van der Waals surface area contributed by atoms with Crippen molar-refractivity contribution in [2.45, 2.75) is 43.8 Å². The van der Waals surface area contributed by atoms with Gasteiger partial charge in [-0.05, 0) is 12.8 Å². The fourth-order valence-electron chi connectivity index (χ4n) is 3.02. The van der Waals surface area contributed by atoms with Crippen molar-refractivity contribution in [1.82, 2.24) is 14.9 Å². The van der Waals surface area contributed by atoms with Crippen LogP contribution in [-0.4, -0.2) is 63.7 Å². The molecule has 10 heteroatoms. The number of aromatic nitrogens is 2. The van der Waals surface area contributed by atoms with Gasteiger partial charge in [-0.1, -0.05) is 0 Å². The SMILES string of the molecule is O=C(NC[C@H]1CCCO1)c1cn([C@H]2C[C@H](O)[C@@H](CO)O2)c(=O)[nH]c1=O. The summed E-state index contributed by atoms with van der Waals surface area (Å²) in [6.45, 7) is 0.534. The highest BCUT2D eigenvalue weighted by Crippen LogP contribution is 2.27. The highest BCUT2D eigenvalue weighted by atomic mass is 16.5. The molecule has 0 saturated carbocycles. The van der Waals surface area contributed by atoms with Crippen molar-refractivity contribution in [2.75, 3.05) is 19.8 Å². The Labute approximate surface area is 142 Å². The minimum atomic E-state index is -0.939. The highest BCUT2D eigenvalue weighted by Gasteiger charge is 2.35. The van der Waals surface area contributed by atoms with Crippen LogP contribution < -0.4 is 16.6 Å². The van der Waals surface area contributed by atoms with E-state index in [-0.39, 0.29) is 24.6 Å². The average molecular weight is 355 g/mol. The van der Waals surface area contributed by atoms with E-state index in [1.165, 1.54) is 0 Å². The lowest BCUT2D eigenvalue weighted by Crippen LogP contribution is -2.40. The molecule has 0 aromatic carbocycles. The van der Waals surface area contributed by atoms with Gasteiger partial charge in [-0.15, -0.1) is 0 Å². The van der Waals surface area contributed by atoms with E-state index in [4.69, 9.17) is 14.6 Å². The van der Waals surface area contributed by atoms with Crippen LogP contribution in [0.5, 0.6) is 0 Å². The first-order valence-corrected chi connectivity index (χ1v) is 8.19. The number of aliphatic hydroxyl groups is 2. The molecule has 1 aromatic rings. The molecule has 25 heavy (non-hydrogen) atoms. The minimum Gasteiger partial charge on any atom is -0.394 e. The van der Waals surface area contributed by atoms with E-state index in [1.807, 2.05) is 0 Å². The van der Waals surface area contributed by atoms with Crippen LogP contribution in [0, 0.1) is 0 Å². The summed E-state index contributed by atoms with van der Waals surface area (Å²) in [6, 6.07) is 0. The van der Waals surface area contributed by atoms with Crippen molar-refractivity contribution >= 4 is 5.91 Å². The molecule has 2 aliphatic rings. The molecule has 2 aliphatic heterocycles. The monoisotopic (exact) mass is 355 g/mol. The lowest BCUT2D eigenvalue weighted by atomic mass is 10.2. The molecule has 2 saturated heterocycles. The van der Waals surface area contributed by atoms with Gasteiger partial charge in [0.2, 0.25) is 0 Å². The predicted molar refractivity (Wildman–Crippen MR) is 84.2 cm³/mol. The van der Waals surface area contributed by atoms with Crippen molar-refractivity contribution in [3.63, 3.8) is 0 Å². The number of hydrogen-bond acceptors (Lipinski definition) is 7. The number of nitrogens with zero attached hydrogens (tertiary/aromatic N) is 1. The van der Waals surface area contributed by atoms with E-state index < -0.39 is 42.2 Å². The molecule has 0 radical (unpaired) electrons. The fraction of sp³-hybridized carbons (Fsp3) is 0.667. The van der Waals surface area contributed by atoms with E-state index in [2.05, 4.69) is 10.3 Å². The molecule has 2 fully saturated rings. The summed E-state index contributed by atoms with van der Waals surface area (Å²) in [4.78, 5) is 38.3. The molecular formula is C15H21N3O7. The first-order chi connectivity index (χ1) is 12.0. The molecule has 3 rings (SSSR count). The number of carbonyl (C=O) groups is 1. The van der Waals surface area contributed by atoms with Gasteiger partial charge in [0.1, 0.15) is 17.9 Å². The van der Waals surface area contributed by atoms with Gasteiger partial charge in [0, 0.05) is 25.8 Å². The Balaban J connectivity index is 1.77. The number of aliphatic hydroxyl groups excluding tert-OH is 2. The van der Waals surface area contributed by atoms with E-state index in [0.717, 1.165) is 23.6 Å².